The van der Waals surface area contributed by atoms with Crippen LogP contribution in [-0.2, 0) is 6.54 Å². The number of aliphatic hydroxyl groups excluding tert-OH is 1. The number of aromatic nitrogens is 2. The molecular weight excluding hydrogens is 255 g/mol. The molecule has 0 spiro atoms. The van der Waals surface area contributed by atoms with E-state index in [1.54, 1.807) is 12.5 Å². The molecule has 1 aromatic heterocycles. The van der Waals surface area contributed by atoms with E-state index in [1.807, 2.05) is 11.5 Å². The van der Waals surface area contributed by atoms with Crippen LogP contribution in [0.5, 0.6) is 0 Å². The molecule has 1 aromatic carbocycles. The number of rotatable bonds is 4. The normalized spacial score (nSPS) is 12.7. The molecule has 1 heterocycles. The van der Waals surface area contributed by atoms with Crippen molar-refractivity contribution in [1.29, 1.82) is 0 Å². The largest absolute Gasteiger partial charge is 0.382 e. The lowest BCUT2D eigenvalue weighted by Crippen LogP contribution is -2.08. The highest BCUT2D eigenvalue weighted by Crippen LogP contribution is 2.28. The third-order valence-corrected chi connectivity index (χ3v) is 3.09. The van der Waals surface area contributed by atoms with Crippen LogP contribution in [0.4, 0.5) is 4.39 Å². The van der Waals surface area contributed by atoms with Gasteiger partial charge in [0.1, 0.15) is 11.9 Å². The van der Waals surface area contributed by atoms with E-state index in [1.165, 1.54) is 18.2 Å². The number of nitrogens with zero attached hydrogens (tertiary/aromatic N) is 2. The molecule has 0 radical (unpaired) electrons. The maximum Gasteiger partial charge on any atom is 0.123 e. The number of halogens is 2. The molecule has 0 saturated carbocycles. The number of imidazole rings is 1. The molecule has 0 saturated heterocycles. The van der Waals surface area contributed by atoms with Gasteiger partial charge in [-0.25, -0.2) is 9.37 Å². The number of hydrogen-bond acceptors (Lipinski definition) is 2. The minimum atomic E-state index is -0.970. The molecule has 0 amide bonds. The zero-order valence-corrected chi connectivity index (χ0v) is 10.7. The third kappa shape index (κ3) is 2.54. The molecule has 0 aliphatic heterocycles. The summed E-state index contributed by atoms with van der Waals surface area (Å²) >= 11 is 5.98. The van der Waals surface area contributed by atoms with Crippen LogP contribution in [0.3, 0.4) is 0 Å². The van der Waals surface area contributed by atoms with Gasteiger partial charge in [0.15, 0.2) is 0 Å². The van der Waals surface area contributed by atoms with Crippen LogP contribution in [0.15, 0.2) is 30.7 Å². The summed E-state index contributed by atoms with van der Waals surface area (Å²) < 4.78 is 15.0. The molecule has 1 unspecified atom stereocenters. The van der Waals surface area contributed by atoms with Crippen LogP contribution < -0.4 is 0 Å². The van der Waals surface area contributed by atoms with E-state index < -0.39 is 11.9 Å². The SMILES string of the molecule is CCCn1cncc1C(O)c1cc(F)ccc1Cl. The standard InChI is InChI=1S/C13H14ClFN2O/c1-2-5-17-8-16-7-12(17)13(18)10-6-9(15)3-4-11(10)14/h3-4,6-8,13,18H,2,5H2,1H3. The van der Waals surface area contributed by atoms with Crippen molar-refractivity contribution in [3.05, 3.63) is 52.8 Å². The van der Waals surface area contributed by atoms with Crippen LogP contribution in [0.25, 0.3) is 0 Å². The van der Waals surface area contributed by atoms with Crippen molar-refractivity contribution < 1.29 is 9.50 Å². The second-order valence-electron chi connectivity index (χ2n) is 4.08. The summed E-state index contributed by atoms with van der Waals surface area (Å²) in [5, 5.41) is 10.6. The lowest BCUT2D eigenvalue weighted by molar-refractivity contribution is 0.209. The van der Waals surface area contributed by atoms with Gasteiger partial charge in [-0.3, -0.25) is 0 Å². The molecule has 0 aliphatic rings. The molecule has 18 heavy (non-hydrogen) atoms. The van der Waals surface area contributed by atoms with E-state index in [9.17, 15) is 9.50 Å². The van der Waals surface area contributed by atoms with Gasteiger partial charge in [-0.05, 0) is 24.6 Å². The second kappa shape index (κ2) is 5.50. The summed E-state index contributed by atoms with van der Waals surface area (Å²) in [5.74, 6) is -0.421. The molecular formula is C13H14ClFN2O. The van der Waals surface area contributed by atoms with Crippen molar-refractivity contribution in [2.75, 3.05) is 0 Å². The second-order valence-corrected chi connectivity index (χ2v) is 4.49. The lowest BCUT2D eigenvalue weighted by Gasteiger charge is -2.15. The molecule has 3 nitrogen and oxygen atoms in total. The Hall–Kier alpha value is -1.39. The zero-order chi connectivity index (χ0) is 13.1. The van der Waals surface area contributed by atoms with Gasteiger partial charge in [-0.15, -0.1) is 0 Å². The molecule has 0 fully saturated rings. The Bertz CT molecular complexity index is 542. The van der Waals surface area contributed by atoms with Gasteiger partial charge >= 0.3 is 0 Å². The predicted molar refractivity (Wildman–Crippen MR) is 68.0 cm³/mol. The molecule has 1 N–H and O–H groups in total. The van der Waals surface area contributed by atoms with Crippen LogP contribution in [0.1, 0.15) is 30.7 Å². The van der Waals surface area contributed by atoms with Crippen molar-refractivity contribution in [3.63, 3.8) is 0 Å². The highest BCUT2D eigenvalue weighted by atomic mass is 35.5. The Kier molecular flexibility index (Phi) is 3.99. The van der Waals surface area contributed by atoms with Gasteiger partial charge in [0.05, 0.1) is 18.2 Å². The fraction of sp³-hybridized carbons (Fsp3) is 0.308. The average molecular weight is 269 g/mol. The fourth-order valence-corrected chi connectivity index (χ4v) is 2.09. The first-order valence-electron chi connectivity index (χ1n) is 5.76. The topological polar surface area (TPSA) is 38.0 Å². The Morgan fingerprint density at radius 1 is 1.50 bits per heavy atom. The van der Waals surface area contributed by atoms with Gasteiger partial charge in [-0.1, -0.05) is 18.5 Å². The van der Waals surface area contributed by atoms with Crippen molar-refractivity contribution in [1.82, 2.24) is 9.55 Å². The third-order valence-electron chi connectivity index (χ3n) is 2.74. The highest BCUT2D eigenvalue weighted by molar-refractivity contribution is 6.31. The molecule has 1 atom stereocenters. The zero-order valence-electron chi connectivity index (χ0n) is 9.98. The first-order valence-corrected chi connectivity index (χ1v) is 6.14. The van der Waals surface area contributed by atoms with Crippen LogP contribution in [-0.4, -0.2) is 14.7 Å². The molecule has 0 bridgehead atoms. The minimum absolute atomic E-state index is 0.341. The summed E-state index contributed by atoms with van der Waals surface area (Å²) in [7, 11) is 0. The molecule has 2 rings (SSSR count). The Balaban J connectivity index is 2.38. The average Bonchev–Trinajstić information content (AvgIpc) is 2.80. The van der Waals surface area contributed by atoms with Gasteiger partial charge in [0.2, 0.25) is 0 Å². The maximum atomic E-state index is 13.2. The Morgan fingerprint density at radius 3 is 3.00 bits per heavy atom. The first kappa shape index (κ1) is 13.1. The fourth-order valence-electron chi connectivity index (χ4n) is 1.87. The molecule has 2 aromatic rings. The van der Waals surface area contributed by atoms with E-state index in [0.29, 0.717) is 16.3 Å². The number of aliphatic hydroxyl groups is 1. The van der Waals surface area contributed by atoms with Crippen LogP contribution >= 0.6 is 11.6 Å². The molecule has 5 heteroatoms. The van der Waals surface area contributed by atoms with Gasteiger partial charge < -0.3 is 9.67 Å². The molecule has 0 aliphatic carbocycles. The van der Waals surface area contributed by atoms with E-state index in [0.717, 1.165) is 13.0 Å². The summed E-state index contributed by atoms with van der Waals surface area (Å²) in [5.41, 5.74) is 0.971. The van der Waals surface area contributed by atoms with E-state index in [4.69, 9.17) is 11.6 Å². The summed E-state index contributed by atoms with van der Waals surface area (Å²) in [6.45, 7) is 2.78. The van der Waals surface area contributed by atoms with Crippen molar-refractivity contribution >= 4 is 11.6 Å². The first-order chi connectivity index (χ1) is 8.63. The van der Waals surface area contributed by atoms with E-state index >= 15 is 0 Å². The minimum Gasteiger partial charge on any atom is -0.382 e. The number of hydrogen-bond donors (Lipinski definition) is 1. The van der Waals surface area contributed by atoms with E-state index in [2.05, 4.69) is 4.98 Å². The van der Waals surface area contributed by atoms with Crippen molar-refractivity contribution in [2.45, 2.75) is 26.0 Å². The van der Waals surface area contributed by atoms with Gasteiger partial charge in [-0.2, -0.15) is 0 Å². The van der Waals surface area contributed by atoms with Crippen LogP contribution in [0.2, 0.25) is 5.02 Å². The van der Waals surface area contributed by atoms with Gasteiger partial charge in [0, 0.05) is 17.1 Å². The smallest absolute Gasteiger partial charge is 0.123 e. The molecule has 96 valence electrons. The lowest BCUT2D eigenvalue weighted by atomic mass is 10.1. The Labute approximate surface area is 110 Å². The predicted octanol–water partition coefficient (Wildman–Crippen LogP) is 3.17. The van der Waals surface area contributed by atoms with Crippen molar-refractivity contribution in [3.8, 4) is 0 Å². The van der Waals surface area contributed by atoms with E-state index in [-0.39, 0.29) is 0 Å². The number of aryl methyl sites for hydroxylation is 1. The highest BCUT2D eigenvalue weighted by Gasteiger charge is 2.18. The number of benzene rings is 1. The summed E-state index contributed by atoms with van der Waals surface area (Å²) in [4.78, 5) is 4.01. The summed E-state index contributed by atoms with van der Waals surface area (Å²) in [6.07, 6.45) is 3.17. The Morgan fingerprint density at radius 2 is 2.28 bits per heavy atom. The summed E-state index contributed by atoms with van der Waals surface area (Å²) in [6, 6.07) is 3.95. The monoisotopic (exact) mass is 268 g/mol. The van der Waals surface area contributed by atoms with Gasteiger partial charge in [0.25, 0.3) is 0 Å². The van der Waals surface area contributed by atoms with Crippen molar-refractivity contribution in [2.24, 2.45) is 0 Å². The maximum absolute atomic E-state index is 13.2. The quantitative estimate of drug-likeness (QED) is 0.925. The van der Waals surface area contributed by atoms with Crippen LogP contribution in [0, 0.1) is 5.82 Å².